The molecule has 88 valence electrons. The fraction of sp³-hybridized carbons (Fsp3) is 0.222. The van der Waals surface area contributed by atoms with Gasteiger partial charge in [0.2, 0.25) is 0 Å². The summed E-state index contributed by atoms with van der Waals surface area (Å²) in [6.07, 6.45) is 0.881. The van der Waals surface area contributed by atoms with Crippen LogP contribution >= 0.6 is 34.8 Å². The van der Waals surface area contributed by atoms with E-state index >= 15 is 0 Å². The first-order valence-corrected chi connectivity index (χ1v) is 7.20. The lowest BCUT2D eigenvalue weighted by Gasteiger charge is -2.07. The molecule has 3 nitrogen and oxygen atoms in total. The Morgan fingerprint density at radius 3 is 2.31 bits per heavy atom. The Hall–Kier alpha value is -0.290. The predicted molar refractivity (Wildman–Crippen MR) is 65.3 cm³/mol. The summed E-state index contributed by atoms with van der Waals surface area (Å²) < 4.78 is 20.6. The van der Waals surface area contributed by atoms with E-state index in [9.17, 15) is 13.2 Å². The molecule has 0 aliphatic rings. The second-order valence-corrected chi connectivity index (χ2v) is 6.80. The molecule has 0 spiro atoms. The van der Waals surface area contributed by atoms with Crippen molar-refractivity contribution in [1.29, 1.82) is 0 Å². The van der Waals surface area contributed by atoms with E-state index in [-0.39, 0.29) is 10.6 Å². The zero-order chi connectivity index (χ0) is 12.5. The molecule has 7 heteroatoms. The SMILES string of the molecule is CS(=O)(=O)C(Cl)C(=O)c1ccc(Cl)cc1Cl. The number of carbonyl (C=O) groups excluding carboxylic acids is 1. The first kappa shape index (κ1) is 13.8. The zero-order valence-corrected chi connectivity index (χ0v) is 11.2. The van der Waals surface area contributed by atoms with Crippen molar-refractivity contribution in [2.24, 2.45) is 0 Å². The molecule has 16 heavy (non-hydrogen) atoms. The van der Waals surface area contributed by atoms with Crippen LogP contribution in [0.1, 0.15) is 10.4 Å². The summed E-state index contributed by atoms with van der Waals surface area (Å²) in [5.74, 6) is -0.758. The normalized spacial score (nSPS) is 13.5. The second-order valence-electron chi connectivity index (χ2n) is 3.13. The summed E-state index contributed by atoms with van der Waals surface area (Å²) in [4.78, 5) is 11.7. The summed E-state index contributed by atoms with van der Waals surface area (Å²) in [7, 11) is -3.65. The lowest BCUT2D eigenvalue weighted by molar-refractivity contribution is 0.101. The summed E-state index contributed by atoms with van der Waals surface area (Å²) in [5.41, 5.74) is 0.0384. The third kappa shape index (κ3) is 3.10. The Balaban J connectivity index is 3.16. The number of ketones is 1. The highest BCUT2D eigenvalue weighted by Crippen LogP contribution is 2.24. The number of hydrogen-bond acceptors (Lipinski definition) is 3. The molecular formula is C9H7Cl3O3S. The minimum atomic E-state index is -3.65. The Morgan fingerprint density at radius 1 is 1.31 bits per heavy atom. The van der Waals surface area contributed by atoms with Crippen LogP contribution < -0.4 is 0 Å². The Kier molecular flexibility index (Phi) is 4.23. The summed E-state index contributed by atoms with van der Waals surface area (Å²) >= 11 is 16.9. The first-order valence-electron chi connectivity index (χ1n) is 4.05. The van der Waals surface area contributed by atoms with Gasteiger partial charge in [0.15, 0.2) is 20.3 Å². The van der Waals surface area contributed by atoms with Gasteiger partial charge in [0, 0.05) is 16.8 Å². The van der Waals surface area contributed by atoms with Gasteiger partial charge in [-0.1, -0.05) is 34.8 Å². The van der Waals surface area contributed by atoms with Crippen LogP contribution in [0.5, 0.6) is 0 Å². The molecular weight excluding hydrogens is 295 g/mol. The van der Waals surface area contributed by atoms with Crippen LogP contribution in [0.2, 0.25) is 10.0 Å². The Labute approximate surface area is 108 Å². The molecule has 0 amide bonds. The minimum absolute atomic E-state index is 0.0384. The number of carbonyl (C=O) groups is 1. The van der Waals surface area contributed by atoms with E-state index < -0.39 is 20.3 Å². The fourth-order valence-corrected chi connectivity index (χ4v) is 2.14. The lowest BCUT2D eigenvalue weighted by Crippen LogP contribution is -2.24. The van der Waals surface area contributed by atoms with E-state index in [1.54, 1.807) is 0 Å². The van der Waals surface area contributed by atoms with Gasteiger partial charge in [0.1, 0.15) is 0 Å². The fourth-order valence-electron chi connectivity index (χ4n) is 1.01. The maximum atomic E-state index is 11.7. The van der Waals surface area contributed by atoms with Crippen molar-refractivity contribution in [1.82, 2.24) is 0 Å². The average Bonchev–Trinajstić information content (AvgIpc) is 2.14. The average molecular weight is 302 g/mol. The van der Waals surface area contributed by atoms with E-state index in [0.717, 1.165) is 6.26 Å². The smallest absolute Gasteiger partial charge is 0.197 e. The topological polar surface area (TPSA) is 51.2 Å². The summed E-state index contributed by atoms with van der Waals surface area (Å²) in [6, 6.07) is 4.13. The van der Waals surface area contributed by atoms with Gasteiger partial charge in [0.05, 0.1) is 5.02 Å². The number of sulfone groups is 1. The maximum absolute atomic E-state index is 11.7. The van der Waals surface area contributed by atoms with Crippen molar-refractivity contribution in [3.63, 3.8) is 0 Å². The largest absolute Gasteiger partial charge is 0.291 e. The van der Waals surface area contributed by atoms with Crippen molar-refractivity contribution < 1.29 is 13.2 Å². The van der Waals surface area contributed by atoms with Crippen LogP contribution in [0, 0.1) is 0 Å². The third-order valence-corrected chi connectivity index (χ3v) is 4.46. The van der Waals surface area contributed by atoms with Gasteiger partial charge < -0.3 is 0 Å². The summed E-state index contributed by atoms with van der Waals surface area (Å²) in [5, 5.41) is 0.429. The molecule has 1 unspecified atom stereocenters. The molecule has 0 aliphatic carbocycles. The van der Waals surface area contributed by atoms with E-state index in [2.05, 4.69) is 0 Å². The molecule has 0 saturated carbocycles. The van der Waals surface area contributed by atoms with Crippen LogP contribution in [0.4, 0.5) is 0 Å². The Morgan fingerprint density at radius 2 is 1.88 bits per heavy atom. The van der Waals surface area contributed by atoms with Crippen LogP contribution in [0.15, 0.2) is 18.2 Å². The van der Waals surface area contributed by atoms with Gasteiger partial charge in [-0.2, -0.15) is 0 Å². The predicted octanol–water partition coefficient (Wildman–Crippen LogP) is 2.79. The maximum Gasteiger partial charge on any atom is 0.197 e. The van der Waals surface area contributed by atoms with Gasteiger partial charge in [-0.05, 0) is 18.2 Å². The summed E-state index contributed by atoms with van der Waals surface area (Å²) in [6.45, 7) is 0. The quantitative estimate of drug-likeness (QED) is 0.637. The molecule has 0 aliphatic heterocycles. The van der Waals surface area contributed by atoms with Gasteiger partial charge in [-0.15, -0.1) is 0 Å². The van der Waals surface area contributed by atoms with Crippen LogP contribution in [0.25, 0.3) is 0 Å². The van der Waals surface area contributed by atoms with E-state index in [1.807, 2.05) is 0 Å². The number of alkyl halides is 1. The molecule has 1 aromatic carbocycles. The number of hydrogen-bond donors (Lipinski definition) is 0. The standard InChI is InChI=1S/C9H7Cl3O3S/c1-16(14,15)9(12)8(13)6-3-2-5(10)4-7(6)11/h2-4,9H,1H3. The molecule has 0 N–H and O–H groups in total. The van der Waals surface area contributed by atoms with Crippen molar-refractivity contribution >= 4 is 50.4 Å². The zero-order valence-electron chi connectivity index (χ0n) is 8.08. The molecule has 1 rings (SSSR count). The Bertz CT molecular complexity index is 525. The van der Waals surface area contributed by atoms with Gasteiger partial charge in [-0.25, -0.2) is 8.42 Å². The van der Waals surface area contributed by atoms with Crippen molar-refractivity contribution in [3.8, 4) is 0 Å². The molecule has 0 radical (unpaired) electrons. The van der Waals surface area contributed by atoms with Crippen LogP contribution in [-0.2, 0) is 9.84 Å². The number of benzene rings is 1. The second kappa shape index (κ2) is 4.92. The van der Waals surface area contributed by atoms with E-state index in [4.69, 9.17) is 34.8 Å². The molecule has 0 saturated heterocycles. The van der Waals surface area contributed by atoms with Crippen molar-refractivity contribution in [2.45, 2.75) is 4.71 Å². The molecule has 0 heterocycles. The van der Waals surface area contributed by atoms with Crippen molar-refractivity contribution in [2.75, 3.05) is 6.26 Å². The molecule has 0 aromatic heterocycles. The van der Waals surface area contributed by atoms with Gasteiger partial charge in [0.25, 0.3) is 0 Å². The number of halogens is 3. The number of rotatable bonds is 3. The highest BCUT2D eigenvalue weighted by molar-refractivity contribution is 7.93. The molecule has 1 atom stereocenters. The lowest BCUT2D eigenvalue weighted by atomic mass is 10.1. The van der Waals surface area contributed by atoms with Crippen LogP contribution in [-0.4, -0.2) is 25.2 Å². The first-order chi connectivity index (χ1) is 7.23. The van der Waals surface area contributed by atoms with Crippen LogP contribution in [0.3, 0.4) is 0 Å². The number of Topliss-reactive ketones (excluding diaryl/α,β-unsaturated/α-hetero) is 1. The molecule has 0 bridgehead atoms. The van der Waals surface area contributed by atoms with Gasteiger partial charge >= 0.3 is 0 Å². The highest BCUT2D eigenvalue weighted by Gasteiger charge is 2.28. The minimum Gasteiger partial charge on any atom is -0.291 e. The highest BCUT2D eigenvalue weighted by atomic mass is 35.5. The molecule has 1 aromatic rings. The third-order valence-electron chi connectivity index (χ3n) is 1.78. The molecule has 0 fully saturated rings. The van der Waals surface area contributed by atoms with E-state index in [0.29, 0.717) is 5.02 Å². The van der Waals surface area contributed by atoms with Gasteiger partial charge in [-0.3, -0.25) is 4.79 Å². The van der Waals surface area contributed by atoms with Crippen molar-refractivity contribution in [3.05, 3.63) is 33.8 Å². The van der Waals surface area contributed by atoms with E-state index in [1.165, 1.54) is 18.2 Å². The monoisotopic (exact) mass is 300 g/mol.